The van der Waals surface area contributed by atoms with Gasteiger partial charge in [-0.15, -0.1) is 13.2 Å². The first-order chi connectivity index (χ1) is 14.6. The Morgan fingerprint density at radius 2 is 1.87 bits per heavy atom. The summed E-state index contributed by atoms with van der Waals surface area (Å²) in [6.45, 7) is 3.94. The lowest BCUT2D eigenvalue weighted by Gasteiger charge is -2.15. The first kappa shape index (κ1) is 22.8. The van der Waals surface area contributed by atoms with Crippen molar-refractivity contribution in [3.05, 3.63) is 58.8 Å². The molecule has 1 heterocycles. The number of ether oxygens (including phenoxy) is 1. The van der Waals surface area contributed by atoms with Crippen molar-refractivity contribution in [2.45, 2.75) is 32.7 Å². The topological polar surface area (TPSA) is 59.1 Å². The van der Waals surface area contributed by atoms with Crippen molar-refractivity contribution in [2.24, 2.45) is 0 Å². The predicted molar refractivity (Wildman–Crippen MR) is 115 cm³/mol. The number of aromatic nitrogens is 2. The summed E-state index contributed by atoms with van der Waals surface area (Å²) in [5.41, 5.74) is 1.23. The third kappa shape index (κ3) is 6.55. The van der Waals surface area contributed by atoms with E-state index in [2.05, 4.69) is 41.3 Å². The van der Waals surface area contributed by atoms with Crippen LogP contribution in [0.25, 0.3) is 11.3 Å². The molecule has 5 nitrogen and oxygen atoms in total. The molecule has 10 heteroatoms. The third-order valence-corrected chi connectivity index (χ3v) is 4.91. The molecule has 0 aliphatic carbocycles. The minimum absolute atomic E-state index is 0.0631. The molecule has 2 aromatic carbocycles. The summed E-state index contributed by atoms with van der Waals surface area (Å²) in [6, 6.07) is 11.6. The van der Waals surface area contributed by atoms with E-state index in [0.29, 0.717) is 27.2 Å². The summed E-state index contributed by atoms with van der Waals surface area (Å²) >= 11 is 3.10. The molecule has 3 aromatic rings. The Morgan fingerprint density at radius 3 is 2.55 bits per heavy atom. The summed E-state index contributed by atoms with van der Waals surface area (Å²) in [5.74, 6) is -0.174. The Balaban J connectivity index is 1.99. The fraction of sp³-hybridized carbons (Fsp3) is 0.238. The number of alkyl halides is 3. The number of halogens is 5. The lowest BCUT2D eigenvalue weighted by molar-refractivity contribution is -0.274. The maximum absolute atomic E-state index is 13.9. The number of nitrogens with one attached hydrogen (secondary N) is 2. The second-order valence-corrected chi connectivity index (χ2v) is 7.60. The minimum Gasteiger partial charge on any atom is -0.406 e. The van der Waals surface area contributed by atoms with E-state index in [1.165, 1.54) is 24.3 Å². The van der Waals surface area contributed by atoms with Crippen LogP contribution >= 0.6 is 15.9 Å². The van der Waals surface area contributed by atoms with Crippen LogP contribution in [0.4, 0.5) is 35.0 Å². The molecule has 3 rings (SSSR count). The Morgan fingerprint density at radius 1 is 1.10 bits per heavy atom. The Labute approximate surface area is 185 Å². The third-order valence-electron chi connectivity index (χ3n) is 4.27. The van der Waals surface area contributed by atoms with Gasteiger partial charge in [-0.1, -0.05) is 19.1 Å². The van der Waals surface area contributed by atoms with Gasteiger partial charge in [0.15, 0.2) is 0 Å². The molecule has 31 heavy (non-hydrogen) atoms. The fourth-order valence-electron chi connectivity index (χ4n) is 2.62. The molecule has 0 spiro atoms. The lowest BCUT2D eigenvalue weighted by Crippen LogP contribution is -2.17. The van der Waals surface area contributed by atoms with Crippen LogP contribution in [0.1, 0.15) is 20.3 Å². The molecule has 0 aliphatic heterocycles. The van der Waals surface area contributed by atoms with Crippen molar-refractivity contribution in [2.75, 3.05) is 10.6 Å². The molecule has 0 saturated heterocycles. The molecule has 0 fully saturated rings. The summed E-state index contributed by atoms with van der Waals surface area (Å²) in [6.07, 6.45) is -3.99. The maximum atomic E-state index is 13.9. The highest BCUT2D eigenvalue weighted by Gasteiger charge is 2.31. The predicted octanol–water partition coefficient (Wildman–Crippen LogP) is 6.90. The second kappa shape index (κ2) is 9.51. The maximum Gasteiger partial charge on any atom is 0.573 e. The molecule has 0 saturated carbocycles. The number of nitrogens with zero attached hydrogens (tertiary/aromatic N) is 2. The van der Waals surface area contributed by atoms with Gasteiger partial charge in [0.2, 0.25) is 5.95 Å². The van der Waals surface area contributed by atoms with E-state index in [1.54, 1.807) is 24.3 Å². The van der Waals surface area contributed by atoms with Gasteiger partial charge >= 0.3 is 6.36 Å². The monoisotopic (exact) mass is 498 g/mol. The van der Waals surface area contributed by atoms with Gasteiger partial charge in [-0.25, -0.2) is 9.37 Å². The molecule has 0 bridgehead atoms. The second-order valence-electron chi connectivity index (χ2n) is 6.75. The minimum atomic E-state index is -4.80. The Kier molecular flexibility index (Phi) is 6.99. The van der Waals surface area contributed by atoms with Crippen molar-refractivity contribution in [3.8, 4) is 17.0 Å². The van der Waals surface area contributed by atoms with Gasteiger partial charge in [-0.05, 0) is 59.6 Å². The SMILES string of the molecule is CC[C@H](C)Nc1nc(Nc2ccc(Br)c(F)c2)cc(-c2cccc(OC(F)(F)F)c2)n1. The Bertz CT molecular complexity index is 1060. The van der Waals surface area contributed by atoms with Gasteiger partial charge < -0.3 is 15.4 Å². The smallest absolute Gasteiger partial charge is 0.406 e. The average molecular weight is 499 g/mol. The molecule has 1 atom stereocenters. The van der Waals surface area contributed by atoms with Crippen LogP contribution in [0.15, 0.2) is 53.0 Å². The van der Waals surface area contributed by atoms with Crippen molar-refractivity contribution < 1.29 is 22.3 Å². The zero-order valence-corrected chi connectivity index (χ0v) is 18.2. The number of hydrogen-bond donors (Lipinski definition) is 2. The van der Waals surface area contributed by atoms with Crippen molar-refractivity contribution >= 4 is 33.4 Å². The highest BCUT2D eigenvalue weighted by Crippen LogP contribution is 2.30. The zero-order chi connectivity index (χ0) is 22.6. The first-order valence-electron chi connectivity index (χ1n) is 9.37. The highest BCUT2D eigenvalue weighted by molar-refractivity contribution is 9.10. The normalized spacial score (nSPS) is 12.4. The van der Waals surface area contributed by atoms with Crippen molar-refractivity contribution in [1.82, 2.24) is 9.97 Å². The van der Waals surface area contributed by atoms with Gasteiger partial charge in [0.25, 0.3) is 0 Å². The van der Waals surface area contributed by atoms with E-state index in [1.807, 2.05) is 13.8 Å². The quantitative estimate of drug-likeness (QED) is 0.347. The summed E-state index contributed by atoms with van der Waals surface area (Å²) in [7, 11) is 0. The van der Waals surface area contributed by atoms with Crippen LogP contribution in [0.2, 0.25) is 0 Å². The van der Waals surface area contributed by atoms with E-state index < -0.39 is 12.2 Å². The van der Waals surface area contributed by atoms with Gasteiger partial charge in [-0.3, -0.25) is 0 Å². The molecular formula is C21H19BrF4N4O. The standard InChI is InChI=1S/C21H19BrF4N4O/c1-3-12(2)27-20-29-18(13-5-4-6-15(9-13)31-21(24,25)26)11-19(30-20)28-14-7-8-16(22)17(23)10-14/h4-12H,3H2,1-2H3,(H2,27,28,29,30)/t12-/m0/s1. The van der Waals surface area contributed by atoms with Gasteiger partial charge in [-0.2, -0.15) is 4.98 Å². The summed E-state index contributed by atoms with van der Waals surface area (Å²) in [4.78, 5) is 8.82. The van der Waals surface area contributed by atoms with Gasteiger partial charge in [0.05, 0.1) is 10.2 Å². The van der Waals surface area contributed by atoms with Crippen LogP contribution in [0.5, 0.6) is 5.75 Å². The van der Waals surface area contributed by atoms with Gasteiger partial charge in [0.1, 0.15) is 17.4 Å². The number of benzene rings is 2. The fourth-order valence-corrected chi connectivity index (χ4v) is 2.87. The van der Waals surface area contributed by atoms with Crippen LogP contribution in [0, 0.1) is 5.82 Å². The molecule has 1 aromatic heterocycles. The number of hydrogen-bond acceptors (Lipinski definition) is 5. The van der Waals surface area contributed by atoms with E-state index >= 15 is 0 Å². The largest absolute Gasteiger partial charge is 0.573 e. The van der Waals surface area contributed by atoms with Crippen LogP contribution in [0.3, 0.4) is 0 Å². The highest BCUT2D eigenvalue weighted by atomic mass is 79.9. The van der Waals surface area contributed by atoms with Crippen LogP contribution in [-0.4, -0.2) is 22.4 Å². The van der Waals surface area contributed by atoms with Crippen molar-refractivity contribution in [3.63, 3.8) is 0 Å². The van der Waals surface area contributed by atoms with Crippen LogP contribution in [-0.2, 0) is 0 Å². The summed E-state index contributed by atoms with van der Waals surface area (Å²) < 4.78 is 56.0. The van der Waals surface area contributed by atoms with Crippen LogP contribution < -0.4 is 15.4 Å². The number of anilines is 3. The zero-order valence-electron chi connectivity index (χ0n) is 16.6. The molecule has 164 valence electrons. The summed E-state index contributed by atoms with van der Waals surface area (Å²) in [5, 5.41) is 6.15. The molecule has 0 amide bonds. The lowest BCUT2D eigenvalue weighted by atomic mass is 10.1. The molecular weight excluding hydrogens is 480 g/mol. The molecule has 0 radical (unpaired) electrons. The van der Waals surface area contributed by atoms with E-state index in [-0.39, 0.29) is 17.7 Å². The Hall–Kier alpha value is -2.88. The average Bonchev–Trinajstić information content (AvgIpc) is 2.69. The van der Waals surface area contributed by atoms with Crippen molar-refractivity contribution in [1.29, 1.82) is 0 Å². The number of rotatable bonds is 7. The molecule has 0 unspecified atom stereocenters. The van der Waals surface area contributed by atoms with E-state index in [9.17, 15) is 17.6 Å². The van der Waals surface area contributed by atoms with Gasteiger partial charge in [0, 0.05) is 23.4 Å². The van der Waals surface area contributed by atoms with E-state index in [0.717, 1.165) is 6.42 Å². The first-order valence-corrected chi connectivity index (χ1v) is 10.2. The molecule has 0 aliphatic rings. The van der Waals surface area contributed by atoms with E-state index in [4.69, 9.17) is 0 Å². The molecule has 2 N–H and O–H groups in total.